The molecule has 1 atom stereocenters. The van der Waals surface area contributed by atoms with Crippen molar-refractivity contribution < 1.29 is 15.3 Å². The van der Waals surface area contributed by atoms with Crippen molar-refractivity contribution in [2.75, 3.05) is 0 Å². The van der Waals surface area contributed by atoms with E-state index in [1.54, 1.807) is 30.3 Å². The molecule has 3 nitrogen and oxygen atoms in total. The first kappa shape index (κ1) is 15.9. The van der Waals surface area contributed by atoms with Gasteiger partial charge in [-0.15, -0.1) is 0 Å². The summed E-state index contributed by atoms with van der Waals surface area (Å²) < 4.78 is 0. The minimum Gasteiger partial charge on any atom is -0.508 e. The molecule has 0 aromatic heterocycles. The fraction of sp³-hybridized carbons (Fsp3) is 0.158. The maximum Gasteiger partial charge on any atom is 0.115 e. The Labute approximate surface area is 130 Å². The number of aromatic hydroxyl groups is 2. The summed E-state index contributed by atoms with van der Waals surface area (Å²) in [5.74, 6) is 0.501. The summed E-state index contributed by atoms with van der Waals surface area (Å²) in [7, 11) is 0. The molecular formula is C19H20O3. The van der Waals surface area contributed by atoms with Crippen molar-refractivity contribution in [2.45, 2.75) is 18.9 Å². The summed E-state index contributed by atoms with van der Waals surface area (Å²) in [6.45, 7) is 0. The van der Waals surface area contributed by atoms with Gasteiger partial charge in [-0.25, -0.2) is 0 Å². The largest absolute Gasteiger partial charge is 0.508 e. The zero-order valence-corrected chi connectivity index (χ0v) is 12.3. The Balaban J connectivity index is 1.77. The third kappa shape index (κ3) is 5.46. The van der Waals surface area contributed by atoms with Gasteiger partial charge in [0.1, 0.15) is 11.5 Å². The van der Waals surface area contributed by atoms with Gasteiger partial charge in [0.25, 0.3) is 0 Å². The molecule has 0 heterocycles. The Hall–Kier alpha value is -2.52. The van der Waals surface area contributed by atoms with Gasteiger partial charge in [0, 0.05) is 0 Å². The van der Waals surface area contributed by atoms with Crippen LogP contribution in [0.5, 0.6) is 11.5 Å². The Morgan fingerprint density at radius 1 is 0.818 bits per heavy atom. The van der Waals surface area contributed by atoms with Crippen LogP contribution in [0.1, 0.15) is 17.5 Å². The van der Waals surface area contributed by atoms with Crippen LogP contribution in [-0.4, -0.2) is 21.4 Å². The van der Waals surface area contributed by atoms with Crippen molar-refractivity contribution in [3.05, 3.63) is 77.9 Å². The molecule has 114 valence electrons. The molecule has 0 bridgehead atoms. The molecule has 0 fully saturated rings. The summed E-state index contributed by atoms with van der Waals surface area (Å²) in [4.78, 5) is 0. The molecule has 0 amide bonds. The molecule has 0 spiro atoms. The van der Waals surface area contributed by atoms with Gasteiger partial charge in [0.15, 0.2) is 0 Å². The van der Waals surface area contributed by atoms with E-state index in [9.17, 15) is 15.3 Å². The molecule has 0 aliphatic heterocycles. The molecular weight excluding hydrogens is 276 g/mol. The van der Waals surface area contributed by atoms with Crippen LogP contribution in [0.4, 0.5) is 0 Å². The van der Waals surface area contributed by atoms with Crippen molar-refractivity contribution in [1.82, 2.24) is 0 Å². The van der Waals surface area contributed by atoms with Gasteiger partial charge in [-0.05, 0) is 48.2 Å². The second kappa shape index (κ2) is 8.05. The molecule has 1 unspecified atom stereocenters. The monoisotopic (exact) mass is 296 g/mol. The average molecular weight is 296 g/mol. The van der Waals surface area contributed by atoms with Crippen LogP contribution in [0, 0.1) is 0 Å². The molecule has 0 aliphatic rings. The van der Waals surface area contributed by atoms with E-state index in [1.807, 2.05) is 42.5 Å². The van der Waals surface area contributed by atoms with E-state index in [0.29, 0.717) is 6.42 Å². The molecule has 3 N–H and O–H groups in total. The van der Waals surface area contributed by atoms with E-state index in [-0.39, 0.29) is 11.5 Å². The molecule has 3 heteroatoms. The summed E-state index contributed by atoms with van der Waals surface area (Å²) in [6.07, 6.45) is 8.21. The fourth-order valence-corrected chi connectivity index (χ4v) is 2.02. The highest BCUT2D eigenvalue weighted by molar-refractivity contribution is 5.52. The summed E-state index contributed by atoms with van der Waals surface area (Å²) in [5, 5.41) is 28.3. The van der Waals surface area contributed by atoms with Crippen LogP contribution in [0.15, 0.2) is 66.8 Å². The van der Waals surface area contributed by atoms with Gasteiger partial charge in [-0.2, -0.15) is 0 Å². The molecule has 0 aliphatic carbocycles. The summed E-state index contributed by atoms with van der Waals surface area (Å²) >= 11 is 0. The van der Waals surface area contributed by atoms with Gasteiger partial charge < -0.3 is 15.3 Å². The van der Waals surface area contributed by atoms with Gasteiger partial charge in [0.05, 0.1) is 6.10 Å². The Bertz CT molecular complexity index is 625. The van der Waals surface area contributed by atoms with E-state index in [2.05, 4.69) is 0 Å². The SMILES string of the molecule is Oc1ccc(C=CC=CC(O)CCc2ccc(O)cc2)cc1. The van der Waals surface area contributed by atoms with E-state index in [0.717, 1.165) is 17.5 Å². The summed E-state index contributed by atoms with van der Waals surface area (Å²) in [5.41, 5.74) is 2.07. The van der Waals surface area contributed by atoms with Crippen LogP contribution in [0.2, 0.25) is 0 Å². The van der Waals surface area contributed by atoms with Crippen molar-refractivity contribution in [3.63, 3.8) is 0 Å². The molecule has 0 radical (unpaired) electrons. The summed E-state index contributed by atoms with van der Waals surface area (Å²) in [6, 6.07) is 13.9. The van der Waals surface area contributed by atoms with Crippen LogP contribution < -0.4 is 0 Å². The number of aryl methyl sites for hydroxylation is 1. The lowest BCUT2D eigenvalue weighted by atomic mass is 10.1. The Kier molecular flexibility index (Phi) is 5.81. The number of aliphatic hydroxyl groups excluding tert-OH is 1. The van der Waals surface area contributed by atoms with Gasteiger partial charge in [-0.3, -0.25) is 0 Å². The topological polar surface area (TPSA) is 60.7 Å². The lowest BCUT2D eigenvalue weighted by Gasteiger charge is -2.05. The number of hydrogen-bond donors (Lipinski definition) is 3. The van der Waals surface area contributed by atoms with Crippen LogP contribution in [0.25, 0.3) is 6.08 Å². The molecule has 0 saturated heterocycles. The van der Waals surface area contributed by atoms with Crippen molar-refractivity contribution >= 4 is 6.08 Å². The van der Waals surface area contributed by atoms with E-state index in [4.69, 9.17) is 0 Å². The second-order valence-electron chi connectivity index (χ2n) is 5.11. The van der Waals surface area contributed by atoms with Crippen molar-refractivity contribution in [3.8, 4) is 11.5 Å². The molecule has 2 rings (SSSR count). The van der Waals surface area contributed by atoms with Crippen LogP contribution in [0.3, 0.4) is 0 Å². The zero-order chi connectivity index (χ0) is 15.8. The highest BCUT2D eigenvalue weighted by Gasteiger charge is 2.00. The highest BCUT2D eigenvalue weighted by atomic mass is 16.3. The Morgan fingerprint density at radius 2 is 1.41 bits per heavy atom. The van der Waals surface area contributed by atoms with Crippen molar-refractivity contribution in [2.24, 2.45) is 0 Å². The molecule has 2 aromatic rings. The number of benzene rings is 2. The first-order valence-electron chi connectivity index (χ1n) is 7.23. The minimum atomic E-state index is -0.502. The van der Waals surface area contributed by atoms with Gasteiger partial charge in [0.2, 0.25) is 0 Å². The quantitative estimate of drug-likeness (QED) is 0.713. The number of phenols is 2. The number of allylic oxidation sites excluding steroid dienone is 2. The van der Waals surface area contributed by atoms with Gasteiger partial charge in [-0.1, -0.05) is 48.6 Å². The minimum absolute atomic E-state index is 0.248. The van der Waals surface area contributed by atoms with Crippen molar-refractivity contribution in [1.29, 1.82) is 0 Å². The van der Waals surface area contributed by atoms with E-state index >= 15 is 0 Å². The van der Waals surface area contributed by atoms with E-state index in [1.165, 1.54) is 0 Å². The first-order chi connectivity index (χ1) is 10.6. The predicted octanol–water partition coefficient (Wildman–Crippen LogP) is 3.66. The average Bonchev–Trinajstić information content (AvgIpc) is 2.53. The second-order valence-corrected chi connectivity index (χ2v) is 5.11. The number of hydrogen-bond acceptors (Lipinski definition) is 3. The highest BCUT2D eigenvalue weighted by Crippen LogP contribution is 2.13. The molecule has 22 heavy (non-hydrogen) atoms. The molecule has 2 aromatic carbocycles. The third-order valence-corrected chi connectivity index (χ3v) is 3.29. The number of rotatable bonds is 6. The maximum atomic E-state index is 9.90. The predicted molar refractivity (Wildman–Crippen MR) is 88.7 cm³/mol. The smallest absolute Gasteiger partial charge is 0.115 e. The normalized spacial score (nSPS) is 13.0. The Morgan fingerprint density at radius 3 is 2.05 bits per heavy atom. The lowest BCUT2D eigenvalue weighted by molar-refractivity contribution is 0.213. The molecule has 0 saturated carbocycles. The van der Waals surface area contributed by atoms with E-state index < -0.39 is 6.10 Å². The maximum absolute atomic E-state index is 9.90. The lowest BCUT2D eigenvalue weighted by Crippen LogP contribution is -2.03. The first-order valence-corrected chi connectivity index (χ1v) is 7.23. The number of phenolic OH excluding ortho intramolecular Hbond substituents is 2. The third-order valence-electron chi connectivity index (χ3n) is 3.29. The number of aliphatic hydroxyl groups is 1. The fourth-order valence-electron chi connectivity index (χ4n) is 2.02. The van der Waals surface area contributed by atoms with Crippen LogP contribution in [-0.2, 0) is 6.42 Å². The zero-order valence-electron chi connectivity index (χ0n) is 12.3. The van der Waals surface area contributed by atoms with Gasteiger partial charge >= 0.3 is 0 Å². The standard InChI is InChI=1S/C19H20O3/c20-17(10-7-16-8-13-19(22)14-9-16)4-2-1-3-15-5-11-18(21)12-6-15/h1-6,8-9,11-14,17,20-22H,7,10H2. The van der Waals surface area contributed by atoms with Crippen LogP contribution >= 0.6 is 0 Å².